The molecule has 0 bridgehead atoms. The number of thioether (sulfide) groups is 1. The molecule has 8 nitrogen and oxygen atoms in total. The lowest BCUT2D eigenvalue weighted by Crippen LogP contribution is -2.25. The molecule has 0 fully saturated rings. The lowest BCUT2D eigenvalue weighted by Gasteiger charge is -2.20. The van der Waals surface area contributed by atoms with Gasteiger partial charge in [-0.1, -0.05) is 17.8 Å². The van der Waals surface area contributed by atoms with Crippen LogP contribution in [-0.2, 0) is 9.59 Å². The van der Waals surface area contributed by atoms with Crippen LogP contribution in [0.1, 0.15) is 46.8 Å². The zero-order valence-corrected chi connectivity index (χ0v) is 19.8. The summed E-state index contributed by atoms with van der Waals surface area (Å²) in [5.41, 5.74) is 2.04. The molecule has 172 valence electrons. The highest BCUT2D eigenvalue weighted by Crippen LogP contribution is 2.39. The highest BCUT2D eigenvalue weighted by molar-refractivity contribution is 8.15. The largest absolute Gasteiger partial charge is 0.467 e. The molecular weight excluding hydrogens is 472 g/mol. The number of hydrogen-bond acceptors (Lipinski definition) is 8. The number of hydrogen-bond donors (Lipinski definition) is 1. The predicted molar refractivity (Wildman–Crippen MR) is 132 cm³/mol. The SMILES string of the molecule is CC(=O)c1ccc(NC(=O)C[C@H]2SC(N3N=C(c4cccs4)C[C@H]3c3ccco3)=NC2=O)cc1. The molecule has 1 N–H and O–H groups in total. The van der Waals surface area contributed by atoms with E-state index >= 15 is 0 Å². The maximum Gasteiger partial charge on any atom is 0.262 e. The first-order chi connectivity index (χ1) is 16.5. The number of ketones is 1. The van der Waals surface area contributed by atoms with Crippen molar-refractivity contribution in [3.63, 3.8) is 0 Å². The summed E-state index contributed by atoms with van der Waals surface area (Å²) in [6, 6.07) is 14.1. The third-order valence-electron chi connectivity index (χ3n) is 5.46. The summed E-state index contributed by atoms with van der Waals surface area (Å²) < 4.78 is 5.63. The molecule has 0 spiro atoms. The van der Waals surface area contributed by atoms with E-state index in [9.17, 15) is 14.4 Å². The molecule has 34 heavy (non-hydrogen) atoms. The van der Waals surface area contributed by atoms with Crippen LogP contribution in [0.15, 0.2) is 74.7 Å². The molecule has 0 aliphatic carbocycles. The van der Waals surface area contributed by atoms with Crippen LogP contribution in [0.25, 0.3) is 0 Å². The normalized spacial score (nSPS) is 19.8. The molecule has 10 heteroatoms. The van der Waals surface area contributed by atoms with Crippen LogP contribution >= 0.6 is 23.1 Å². The van der Waals surface area contributed by atoms with E-state index in [0.717, 1.165) is 16.3 Å². The Bertz CT molecular complexity index is 1280. The Morgan fingerprint density at radius 3 is 2.68 bits per heavy atom. The molecule has 3 aromatic rings. The van der Waals surface area contributed by atoms with Crippen molar-refractivity contribution in [3.8, 4) is 0 Å². The van der Waals surface area contributed by atoms with Gasteiger partial charge in [-0.25, -0.2) is 5.01 Å². The summed E-state index contributed by atoms with van der Waals surface area (Å²) >= 11 is 2.84. The van der Waals surface area contributed by atoms with Gasteiger partial charge in [0.15, 0.2) is 11.0 Å². The third-order valence-corrected chi connectivity index (χ3v) is 7.52. The topological polar surface area (TPSA) is 104 Å². The standard InChI is InChI=1S/C24H20N4O4S2/c1-14(29)15-6-8-16(9-7-15)25-22(30)13-21-23(31)26-24(34-21)28-18(19-4-2-10-32-19)12-17(27-28)20-5-3-11-33-20/h2-11,18,21H,12-13H2,1H3,(H,25,30)/t18-,21+/m0/s1. The quantitative estimate of drug-likeness (QED) is 0.499. The van der Waals surface area contributed by atoms with Crippen LogP contribution in [0.3, 0.4) is 0 Å². The van der Waals surface area contributed by atoms with Crippen LogP contribution in [0, 0.1) is 0 Å². The van der Waals surface area contributed by atoms with Crippen LogP contribution in [0.2, 0.25) is 0 Å². The van der Waals surface area contributed by atoms with Gasteiger partial charge in [-0.05, 0) is 54.8 Å². The number of aliphatic imine (C=N–C) groups is 1. The van der Waals surface area contributed by atoms with Crippen molar-refractivity contribution in [3.05, 3.63) is 76.4 Å². The number of nitrogens with one attached hydrogen (secondary N) is 1. The number of nitrogens with zero attached hydrogens (tertiary/aromatic N) is 3. The van der Waals surface area contributed by atoms with Gasteiger partial charge in [0.2, 0.25) is 5.91 Å². The van der Waals surface area contributed by atoms with Gasteiger partial charge in [0, 0.05) is 24.1 Å². The molecule has 2 amide bonds. The Kier molecular flexibility index (Phi) is 6.16. The first kappa shape index (κ1) is 22.3. The van der Waals surface area contributed by atoms with Crippen molar-refractivity contribution >= 4 is 57.3 Å². The van der Waals surface area contributed by atoms with Crippen LogP contribution in [0.5, 0.6) is 0 Å². The van der Waals surface area contributed by atoms with Crippen molar-refractivity contribution in [2.75, 3.05) is 5.32 Å². The summed E-state index contributed by atoms with van der Waals surface area (Å²) in [6.07, 6.45) is 2.22. The van der Waals surface area contributed by atoms with E-state index in [1.165, 1.54) is 18.7 Å². The summed E-state index contributed by atoms with van der Waals surface area (Å²) in [6.45, 7) is 1.48. The fourth-order valence-electron chi connectivity index (χ4n) is 3.75. The summed E-state index contributed by atoms with van der Waals surface area (Å²) in [5, 5.41) is 11.1. The second kappa shape index (κ2) is 9.40. The molecule has 2 atom stereocenters. The van der Waals surface area contributed by atoms with Gasteiger partial charge in [0.25, 0.3) is 5.91 Å². The monoisotopic (exact) mass is 492 g/mol. The molecule has 0 saturated heterocycles. The molecule has 0 saturated carbocycles. The molecule has 2 aromatic heterocycles. The molecule has 4 heterocycles. The second-order valence-electron chi connectivity index (χ2n) is 7.83. The number of carbonyl (C=O) groups excluding carboxylic acids is 3. The Morgan fingerprint density at radius 1 is 1.18 bits per heavy atom. The van der Waals surface area contributed by atoms with Gasteiger partial charge < -0.3 is 9.73 Å². The smallest absolute Gasteiger partial charge is 0.262 e. The highest BCUT2D eigenvalue weighted by atomic mass is 32.2. The minimum absolute atomic E-state index is 0.0221. The second-order valence-corrected chi connectivity index (χ2v) is 9.95. The molecule has 2 aliphatic rings. The van der Waals surface area contributed by atoms with Gasteiger partial charge >= 0.3 is 0 Å². The Morgan fingerprint density at radius 2 is 2.00 bits per heavy atom. The number of amides is 2. The van der Waals surface area contributed by atoms with Crippen molar-refractivity contribution < 1.29 is 18.8 Å². The van der Waals surface area contributed by atoms with E-state index in [4.69, 9.17) is 9.52 Å². The minimum Gasteiger partial charge on any atom is -0.467 e. The molecule has 0 unspecified atom stereocenters. The number of benzene rings is 1. The van der Waals surface area contributed by atoms with Gasteiger partial charge in [0.05, 0.1) is 16.9 Å². The molecule has 5 rings (SSSR count). The lowest BCUT2D eigenvalue weighted by molar-refractivity contribution is -0.121. The number of amidine groups is 1. The summed E-state index contributed by atoms with van der Waals surface area (Å²) in [5.74, 6) is 0.0288. The molecule has 2 aliphatic heterocycles. The fourth-order valence-corrected chi connectivity index (χ4v) is 5.54. The minimum atomic E-state index is -0.635. The van der Waals surface area contributed by atoms with Gasteiger partial charge in [-0.2, -0.15) is 10.1 Å². The van der Waals surface area contributed by atoms with E-state index in [1.54, 1.807) is 46.9 Å². The zero-order chi connectivity index (χ0) is 23.7. The number of hydrazone groups is 1. The van der Waals surface area contributed by atoms with Crippen LogP contribution in [-0.4, -0.2) is 38.7 Å². The first-order valence-corrected chi connectivity index (χ1v) is 12.4. The average Bonchev–Trinajstić information content (AvgIpc) is 3.61. The highest BCUT2D eigenvalue weighted by Gasteiger charge is 2.40. The van der Waals surface area contributed by atoms with Crippen molar-refractivity contribution in [2.45, 2.75) is 31.1 Å². The summed E-state index contributed by atoms with van der Waals surface area (Å²) in [4.78, 5) is 41.9. The van der Waals surface area contributed by atoms with E-state index in [1.807, 2.05) is 29.6 Å². The number of carbonyl (C=O) groups is 3. The Hall–Kier alpha value is -3.50. The van der Waals surface area contributed by atoms with Gasteiger partial charge in [-0.15, -0.1) is 11.3 Å². The van der Waals surface area contributed by atoms with E-state index in [0.29, 0.717) is 22.8 Å². The molecule has 1 aromatic carbocycles. The van der Waals surface area contributed by atoms with Crippen molar-refractivity contribution in [1.29, 1.82) is 0 Å². The number of Topliss-reactive ketones (excluding diaryl/α,β-unsaturated/α-hetero) is 1. The first-order valence-electron chi connectivity index (χ1n) is 10.6. The predicted octanol–water partition coefficient (Wildman–Crippen LogP) is 4.72. The van der Waals surface area contributed by atoms with Crippen LogP contribution < -0.4 is 5.32 Å². The number of rotatable bonds is 6. The number of furan rings is 1. The molecule has 0 radical (unpaired) electrons. The Balaban J connectivity index is 1.27. The third kappa shape index (κ3) is 4.59. The van der Waals surface area contributed by atoms with E-state index in [-0.39, 0.29) is 30.1 Å². The number of thiophene rings is 1. The van der Waals surface area contributed by atoms with E-state index < -0.39 is 5.25 Å². The zero-order valence-electron chi connectivity index (χ0n) is 18.1. The fraction of sp³-hybridized carbons (Fsp3) is 0.208. The maximum absolute atomic E-state index is 12.6. The Labute approximate surface area is 203 Å². The lowest BCUT2D eigenvalue weighted by atomic mass is 10.1. The summed E-state index contributed by atoms with van der Waals surface area (Å²) in [7, 11) is 0. The molecular formula is C24H20N4O4S2. The number of anilines is 1. The van der Waals surface area contributed by atoms with Crippen molar-refractivity contribution in [1.82, 2.24) is 5.01 Å². The van der Waals surface area contributed by atoms with Gasteiger partial charge in [0.1, 0.15) is 17.1 Å². The average molecular weight is 493 g/mol. The maximum atomic E-state index is 12.6. The van der Waals surface area contributed by atoms with Crippen LogP contribution in [0.4, 0.5) is 5.69 Å². The van der Waals surface area contributed by atoms with E-state index in [2.05, 4.69) is 10.3 Å². The van der Waals surface area contributed by atoms with Crippen molar-refractivity contribution in [2.24, 2.45) is 10.1 Å². The van der Waals surface area contributed by atoms with Gasteiger partial charge in [-0.3, -0.25) is 14.4 Å².